The van der Waals surface area contributed by atoms with Crippen molar-refractivity contribution in [2.45, 2.75) is 31.8 Å². The van der Waals surface area contributed by atoms with E-state index in [0.29, 0.717) is 11.7 Å². The zero-order valence-corrected chi connectivity index (χ0v) is 9.04. The third-order valence-electron chi connectivity index (χ3n) is 3.11. The third kappa shape index (κ3) is 2.48. The lowest BCUT2D eigenvalue weighted by Gasteiger charge is -2.34. The van der Waals surface area contributed by atoms with Crippen molar-refractivity contribution in [3.63, 3.8) is 0 Å². The summed E-state index contributed by atoms with van der Waals surface area (Å²) in [7, 11) is 2.09. The van der Waals surface area contributed by atoms with E-state index in [4.69, 9.17) is 5.73 Å². The van der Waals surface area contributed by atoms with Crippen molar-refractivity contribution in [2.24, 2.45) is 0 Å². The van der Waals surface area contributed by atoms with Crippen LogP contribution in [0.4, 0.5) is 10.1 Å². The van der Waals surface area contributed by atoms with Crippen LogP contribution in [-0.2, 0) is 6.54 Å². The van der Waals surface area contributed by atoms with Crippen LogP contribution < -0.4 is 5.73 Å². The van der Waals surface area contributed by atoms with Gasteiger partial charge in [-0.3, -0.25) is 4.90 Å². The molecule has 3 heteroatoms. The van der Waals surface area contributed by atoms with Gasteiger partial charge >= 0.3 is 0 Å². The van der Waals surface area contributed by atoms with Crippen LogP contribution >= 0.6 is 0 Å². The first-order chi connectivity index (χ1) is 7.15. The lowest BCUT2D eigenvalue weighted by molar-refractivity contribution is 0.152. The Morgan fingerprint density at radius 2 is 2.13 bits per heavy atom. The summed E-state index contributed by atoms with van der Waals surface area (Å²) >= 11 is 0. The van der Waals surface area contributed by atoms with E-state index in [1.807, 2.05) is 6.07 Å². The summed E-state index contributed by atoms with van der Waals surface area (Å²) in [6, 6.07) is 5.44. The van der Waals surface area contributed by atoms with Crippen LogP contribution in [0, 0.1) is 5.82 Å². The van der Waals surface area contributed by atoms with Crippen molar-refractivity contribution in [2.75, 3.05) is 12.8 Å². The van der Waals surface area contributed by atoms with E-state index in [1.54, 1.807) is 6.07 Å². The molecule has 0 atom stereocenters. The molecule has 15 heavy (non-hydrogen) atoms. The molecule has 0 spiro atoms. The Hall–Kier alpha value is -1.09. The molecule has 0 aliphatic heterocycles. The Balaban J connectivity index is 2.02. The second-order valence-corrected chi connectivity index (χ2v) is 4.39. The van der Waals surface area contributed by atoms with Gasteiger partial charge < -0.3 is 5.73 Å². The molecule has 1 aliphatic carbocycles. The van der Waals surface area contributed by atoms with E-state index in [0.717, 1.165) is 12.1 Å². The van der Waals surface area contributed by atoms with E-state index in [1.165, 1.54) is 25.3 Å². The molecule has 0 unspecified atom stereocenters. The summed E-state index contributed by atoms with van der Waals surface area (Å²) in [6.45, 7) is 0.784. The first-order valence-corrected chi connectivity index (χ1v) is 5.40. The van der Waals surface area contributed by atoms with E-state index >= 15 is 0 Å². The first-order valence-electron chi connectivity index (χ1n) is 5.40. The molecule has 2 nitrogen and oxygen atoms in total. The number of hydrogen-bond donors (Lipinski definition) is 1. The molecule has 1 aromatic rings. The Morgan fingerprint density at radius 1 is 1.40 bits per heavy atom. The maximum absolute atomic E-state index is 13.1. The fourth-order valence-corrected chi connectivity index (χ4v) is 2.01. The molecular weight excluding hydrogens is 191 g/mol. The van der Waals surface area contributed by atoms with Crippen molar-refractivity contribution < 1.29 is 4.39 Å². The summed E-state index contributed by atoms with van der Waals surface area (Å²) < 4.78 is 13.1. The Kier molecular flexibility index (Phi) is 2.91. The molecule has 0 aromatic heterocycles. The van der Waals surface area contributed by atoms with Crippen LogP contribution in [0.25, 0.3) is 0 Å². The summed E-state index contributed by atoms with van der Waals surface area (Å²) in [4.78, 5) is 2.28. The Morgan fingerprint density at radius 3 is 2.67 bits per heavy atom. The number of halogens is 1. The van der Waals surface area contributed by atoms with Crippen molar-refractivity contribution >= 4 is 5.69 Å². The zero-order valence-electron chi connectivity index (χ0n) is 9.04. The molecule has 0 radical (unpaired) electrons. The van der Waals surface area contributed by atoms with Crippen LogP contribution in [0.5, 0.6) is 0 Å². The summed E-state index contributed by atoms with van der Waals surface area (Å²) in [5.41, 5.74) is 7.07. The Labute approximate surface area is 89.9 Å². The first kappa shape index (κ1) is 10.4. The van der Waals surface area contributed by atoms with Crippen LogP contribution in [0.15, 0.2) is 18.2 Å². The molecule has 0 bridgehead atoms. The smallest absolute Gasteiger partial charge is 0.125 e. The molecule has 2 N–H and O–H groups in total. The van der Waals surface area contributed by atoms with Gasteiger partial charge in [-0.25, -0.2) is 4.39 Å². The monoisotopic (exact) mass is 208 g/mol. The molecule has 1 aliphatic rings. The maximum atomic E-state index is 13.1. The van der Waals surface area contributed by atoms with Gasteiger partial charge in [-0.2, -0.15) is 0 Å². The van der Waals surface area contributed by atoms with Crippen LogP contribution in [0.2, 0.25) is 0 Å². The van der Waals surface area contributed by atoms with Gasteiger partial charge in [-0.15, -0.1) is 0 Å². The fraction of sp³-hybridized carbons (Fsp3) is 0.500. The maximum Gasteiger partial charge on any atom is 0.125 e. The molecule has 82 valence electrons. The molecule has 1 saturated carbocycles. The minimum atomic E-state index is -0.244. The second-order valence-electron chi connectivity index (χ2n) is 4.39. The van der Waals surface area contributed by atoms with Gasteiger partial charge in [0, 0.05) is 18.3 Å². The van der Waals surface area contributed by atoms with Gasteiger partial charge in [0.25, 0.3) is 0 Å². The third-order valence-corrected chi connectivity index (χ3v) is 3.11. The summed E-state index contributed by atoms with van der Waals surface area (Å²) in [5, 5.41) is 0. The summed E-state index contributed by atoms with van der Waals surface area (Å²) in [6.07, 6.45) is 3.85. The molecule has 0 saturated heterocycles. The highest BCUT2D eigenvalue weighted by Crippen LogP contribution is 2.25. The average Bonchev–Trinajstić information content (AvgIpc) is 1.96. The fourth-order valence-electron chi connectivity index (χ4n) is 2.01. The van der Waals surface area contributed by atoms with Gasteiger partial charge in [-0.05, 0) is 43.7 Å². The molecule has 1 aromatic carbocycles. The van der Waals surface area contributed by atoms with E-state index < -0.39 is 0 Å². The van der Waals surface area contributed by atoms with Crippen molar-refractivity contribution in [1.29, 1.82) is 0 Å². The van der Waals surface area contributed by atoms with E-state index in [2.05, 4.69) is 11.9 Å². The topological polar surface area (TPSA) is 29.3 Å². The van der Waals surface area contributed by atoms with Crippen molar-refractivity contribution in [3.05, 3.63) is 29.6 Å². The predicted octanol–water partition coefficient (Wildman–Crippen LogP) is 2.39. The molecule has 0 heterocycles. The SMILES string of the molecule is CN(Cc1cc(N)cc(F)c1)C1CCC1. The van der Waals surface area contributed by atoms with Crippen molar-refractivity contribution in [3.8, 4) is 0 Å². The normalized spacial score (nSPS) is 16.7. The molecular formula is C12H17FN2. The summed E-state index contributed by atoms with van der Waals surface area (Å²) in [5.74, 6) is -0.244. The minimum Gasteiger partial charge on any atom is -0.399 e. The number of rotatable bonds is 3. The van der Waals surface area contributed by atoms with Gasteiger partial charge in [0.1, 0.15) is 5.82 Å². The number of nitrogens with zero attached hydrogens (tertiary/aromatic N) is 1. The van der Waals surface area contributed by atoms with Crippen molar-refractivity contribution in [1.82, 2.24) is 4.90 Å². The number of hydrogen-bond acceptors (Lipinski definition) is 2. The van der Waals surface area contributed by atoms with Crippen LogP contribution in [0.3, 0.4) is 0 Å². The largest absolute Gasteiger partial charge is 0.399 e. The van der Waals surface area contributed by atoms with Gasteiger partial charge in [-0.1, -0.05) is 6.42 Å². The molecule has 1 fully saturated rings. The second kappa shape index (κ2) is 4.19. The highest BCUT2D eigenvalue weighted by molar-refractivity contribution is 5.41. The van der Waals surface area contributed by atoms with E-state index in [-0.39, 0.29) is 5.82 Å². The minimum absolute atomic E-state index is 0.244. The van der Waals surface area contributed by atoms with Gasteiger partial charge in [0.05, 0.1) is 0 Å². The lowest BCUT2D eigenvalue weighted by Crippen LogP contribution is -2.36. The molecule has 2 rings (SSSR count). The number of nitrogens with two attached hydrogens (primary N) is 1. The lowest BCUT2D eigenvalue weighted by atomic mass is 9.91. The van der Waals surface area contributed by atoms with Crippen LogP contribution in [0.1, 0.15) is 24.8 Å². The zero-order chi connectivity index (χ0) is 10.8. The van der Waals surface area contributed by atoms with Crippen LogP contribution in [-0.4, -0.2) is 18.0 Å². The quantitative estimate of drug-likeness (QED) is 0.773. The number of benzene rings is 1. The Bertz CT molecular complexity index is 327. The van der Waals surface area contributed by atoms with E-state index in [9.17, 15) is 4.39 Å². The molecule has 0 amide bonds. The highest BCUT2D eigenvalue weighted by atomic mass is 19.1. The predicted molar refractivity (Wildman–Crippen MR) is 59.9 cm³/mol. The number of nitrogen functional groups attached to an aromatic ring is 1. The standard InChI is InChI=1S/C12H17FN2/c1-15(12-3-2-4-12)8-9-5-10(13)7-11(14)6-9/h5-7,12H,2-4,8,14H2,1H3. The number of anilines is 1. The van der Waals surface area contributed by atoms with Gasteiger partial charge in [0.2, 0.25) is 0 Å². The average molecular weight is 208 g/mol. The van der Waals surface area contributed by atoms with Gasteiger partial charge in [0.15, 0.2) is 0 Å². The highest BCUT2D eigenvalue weighted by Gasteiger charge is 2.21.